The van der Waals surface area contributed by atoms with E-state index in [0.717, 1.165) is 6.42 Å². The summed E-state index contributed by atoms with van der Waals surface area (Å²) in [7, 11) is -3.84. The number of ether oxygens (including phenoxy) is 2. The van der Waals surface area contributed by atoms with Gasteiger partial charge in [-0.15, -0.1) is 0 Å². The average Bonchev–Trinajstić information content (AvgIpc) is 3.07. The van der Waals surface area contributed by atoms with Gasteiger partial charge in [0.05, 0.1) is 16.3 Å². The minimum Gasteiger partial charge on any atom is -0.486 e. The number of hydrogen-bond acceptors (Lipinski definition) is 5. The lowest BCUT2D eigenvalue weighted by Gasteiger charge is -2.21. The van der Waals surface area contributed by atoms with E-state index in [1.807, 2.05) is 0 Å². The quantitative estimate of drug-likeness (QED) is 0.888. The monoisotopic (exact) mass is 374 g/mol. The van der Waals surface area contributed by atoms with Gasteiger partial charge in [0.2, 0.25) is 5.91 Å². The van der Waals surface area contributed by atoms with E-state index in [4.69, 9.17) is 9.47 Å². The van der Waals surface area contributed by atoms with Gasteiger partial charge in [-0.1, -0.05) is 12.1 Å². The molecule has 1 saturated heterocycles. The number of nitrogens with one attached hydrogen (secondary N) is 1. The fourth-order valence-corrected chi connectivity index (χ4v) is 4.18. The fourth-order valence-electron chi connectivity index (χ4n) is 3.09. The number of para-hydroxylation sites is 2. The normalized spacial score (nSPS) is 16.6. The first kappa shape index (κ1) is 16.7. The van der Waals surface area contributed by atoms with Crippen molar-refractivity contribution in [3.63, 3.8) is 0 Å². The summed E-state index contributed by atoms with van der Waals surface area (Å²) in [5.41, 5.74) is 0.939. The summed E-state index contributed by atoms with van der Waals surface area (Å²) in [5, 5.41) is 0. The predicted octanol–water partition coefficient (Wildman–Crippen LogP) is 2.39. The molecule has 7 nitrogen and oxygen atoms in total. The lowest BCUT2D eigenvalue weighted by Crippen LogP contribution is -2.25. The highest BCUT2D eigenvalue weighted by Gasteiger charge is 2.26. The largest absolute Gasteiger partial charge is 0.486 e. The molecule has 2 aliphatic heterocycles. The number of rotatable bonds is 4. The van der Waals surface area contributed by atoms with Crippen molar-refractivity contribution >= 4 is 27.3 Å². The van der Waals surface area contributed by atoms with Crippen molar-refractivity contribution in [3.8, 4) is 11.5 Å². The second-order valence-corrected chi connectivity index (χ2v) is 7.76. The standard InChI is InChI=1S/C18H18N2O5S/c21-18-6-3-9-20(18)15-5-2-1-4-14(15)19-26(22,23)13-7-8-16-17(12-13)25-11-10-24-16/h1-2,4-5,7-8,12,19H,3,6,9-11H2. The van der Waals surface area contributed by atoms with E-state index >= 15 is 0 Å². The molecular formula is C18H18N2O5S. The number of nitrogens with zero attached hydrogens (tertiary/aromatic N) is 1. The van der Waals surface area contributed by atoms with Crippen LogP contribution in [-0.4, -0.2) is 34.1 Å². The van der Waals surface area contributed by atoms with Crippen LogP contribution < -0.4 is 19.1 Å². The third-order valence-electron chi connectivity index (χ3n) is 4.34. The Morgan fingerprint density at radius 3 is 2.54 bits per heavy atom. The summed E-state index contributed by atoms with van der Waals surface area (Å²) in [6.07, 6.45) is 1.24. The zero-order valence-corrected chi connectivity index (χ0v) is 14.8. The van der Waals surface area contributed by atoms with Crippen molar-refractivity contribution in [2.45, 2.75) is 17.7 Å². The summed E-state index contributed by atoms with van der Waals surface area (Å²) < 4.78 is 39.1. The zero-order chi connectivity index (χ0) is 18.1. The predicted molar refractivity (Wildman–Crippen MR) is 96.3 cm³/mol. The molecule has 0 spiro atoms. The average molecular weight is 374 g/mol. The molecule has 0 aromatic heterocycles. The van der Waals surface area contributed by atoms with Gasteiger partial charge in [0.1, 0.15) is 13.2 Å². The van der Waals surface area contributed by atoms with E-state index in [9.17, 15) is 13.2 Å². The molecule has 4 rings (SSSR count). The molecule has 1 fully saturated rings. The van der Waals surface area contributed by atoms with Crippen molar-refractivity contribution < 1.29 is 22.7 Å². The van der Waals surface area contributed by atoms with Crippen LogP contribution in [0.15, 0.2) is 47.4 Å². The minimum absolute atomic E-state index is 0.00372. The first-order valence-corrected chi connectivity index (χ1v) is 9.85. The fraction of sp³-hybridized carbons (Fsp3) is 0.278. The smallest absolute Gasteiger partial charge is 0.262 e. The van der Waals surface area contributed by atoms with Gasteiger partial charge in [-0.05, 0) is 30.7 Å². The third kappa shape index (κ3) is 3.08. The number of anilines is 2. The number of carbonyl (C=O) groups excluding carboxylic acids is 1. The van der Waals surface area contributed by atoms with Crippen LogP contribution in [0.2, 0.25) is 0 Å². The highest BCUT2D eigenvalue weighted by molar-refractivity contribution is 7.92. The van der Waals surface area contributed by atoms with Crippen LogP contribution in [0.5, 0.6) is 11.5 Å². The lowest BCUT2D eigenvalue weighted by atomic mass is 10.2. The Balaban J connectivity index is 1.66. The Morgan fingerprint density at radius 2 is 1.77 bits per heavy atom. The van der Waals surface area contributed by atoms with E-state index < -0.39 is 10.0 Å². The molecule has 0 radical (unpaired) electrons. The topological polar surface area (TPSA) is 84.9 Å². The van der Waals surface area contributed by atoms with Crippen LogP contribution in [0.4, 0.5) is 11.4 Å². The molecule has 8 heteroatoms. The van der Waals surface area contributed by atoms with Gasteiger partial charge >= 0.3 is 0 Å². The maximum Gasteiger partial charge on any atom is 0.262 e. The van der Waals surface area contributed by atoms with Crippen LogP contribution >= 0.6 is 0 Å². The zero-order valence-electron chi connectivity index (χ0n) is 14.0. The summed E-state index contributed by atoms with van der Waals surface area (Å²) in [6, 6.07) is 11.4. The number of benzene rings is 2. The lowest BCUT2D eigenvalue weighted by molar-refractivity contribution is -0.117. The Hall–Kier alpha value is -2.74. The second kappa shape index (κ2) is 6.53. The van der Waals surface area contributed by atoms with E-state index in [2.05, 4.69) is 4.72 Å². The van der Waals surface area contributed by atoms with E-state index in [1.54, 1.807) is 35.2 Å². The molecule has 1 amide bonds. The van der Waals surface area contributed by atoms with Crippen molar-refractivity contribution in [3.05, 3.63) is 42.5 Å². The molecule has 2 aromatic rings. The molecule has 0 atom stereocenters. The maximum atomic E-state index is 12.8. The molecule has 0 saturated carbocycles. The van der Waals surface area contributed by atoms with E-state index in [-0.39, 0.29) is 10.8 Å². The van der Waals surface area contributed by atoms with Gasteiger partial charge in [0.25, 0.3) is 10.0 Å². The maximum absolute atomic E-state index is 12.8. The van der Waals surface area contributed by atoms with Crippen LogP contribution in [0.1, 0.15) is 12.8 Å². The minimum atomic E-state index is -3.84. The molecular weight excluding hydrogens is 356 g/mol. The van der Waals surface area contributed by atoms with Crippen molar-refractivity contribution in [1.82, 2.24) is 0 Å². The highest BCUT2D eigenvalue weighted by atomic mass is 32.2. The number of hydrogen-bond donors (Lipinski definition) is 1. The van der Waals surface area contributed by atoms with E-state index in [0.29, 0.717) is 49.1 Å². The SMILES string of the molecule is O=C1CCCN1c1ccccc1NS(=O)(=O)c1ccc2c(c1)OCCO2. The number of fused-ring (bicyclic) bond motifs is 1. The molecule has 136 valence electrons. The van der Waals surface area contributed by atoms with Gasteiger partial charge in [0.15, 0.2) is 11.5 Å². The van der Waals surface area contributed by atoms with Gasteiger partial charge in [-0.2, -0.15) is 0 Å². The summed E-state index contributed by atoms with van der Waals surface area (Å²) in [6.45, 7) is 1.40. The van der Waals surface area contributed by atoms with Crippen LogP contribution in [0.3, 0.4) is 0 Å². The van der Waals surface area contributed by atoms with Gasteiger partial charge in [-0.3, -0.25) is 9.52 Å². The molecule has 0 unspecified atom stereocenters. The third-order valence-corrected chi connectivity index (χ3v) is 5.70. The molecule has 1 N–H and O–H groups in total. The molecule has 2 aromatic carbocycles. The molecule has 0 aliphatic carbocycles. The van der Waals surface area contributed by atoms with E-state index in [1.165, 1.54) is 12.1 Å². The number of carbonyl (C=O) groups is 1. The Morgan fingerprint density at radius 1 is 1.00 bits per heavy atom. The summed E-state index contributed by atoms with van der Waals surface area (Å²) in [5.74, 6) is 0.927. The Kier molecular flexibility index (Phi) is 4.20. The van der Waals surface area contributed by atoms with Crippen molar-refractivity contribution in [2.75, 3.05) is 29.4 Å². The second-order valence-electron chi connectivity index (χ2n) is 6.08. The number of sulfonamides is 1. The Bertz CT molecular complexity index is 958. The Labute approximate surface area is 151 Å². The van der Waals surface area contributed by atoms with Crippen molar-refractivity contribution in [2.24, 2.45) is 0 Å². The highest BCUT2D eigenvalue weighted by Crippen LogP contribution is 2.34. The first-order chi connectivity index (χ1) is 12.5. The number of amides is 1. The first-order valence-electron chi connectivity index (χ1n) is 8.36. The van der Waals surface area contributed by atoms with Crippen LogP contribution in [0, 0.1) is 0 Å². The molecule has 2 heterocycles. The molecule has 2 aliphatic rings. The van der Waals surface area contributed by atoms with Gasteiger partial charge in [-0.25, -0.2) is 8.42 Å². The van der Waals surface area contributed by atoms with Crippen LogP contribution in [-0.2, 0) is 14.8 Å². The molecule has 0 bridgehead atoms. The summed E-state index contributed by atoms with van der Waals surface area (Å²) in [4.78, 5) is 13.7. The molecule has 26 heavy (non-hydrogen) atoms. The van der Waals surface area contributed by atoms with Gasteiger partial charge < -0.3 is 14.4 Å². The summed E-state index contributed by atoms with van der Waals surface area (Å²) >= 11 is 0. The van der Waals surface area contributed by atoms with Gasteiger partial charge in [0, 0.05) is 19.0 Å². The van der Waals surface area contributed by atoms with Crippen molar-refractivity contribution in [1.29, 1.82) is 0 Å². The van der Waals surface area contributed by atoms with Crippen LogP contribution in [0.25, 0.3) is 0 Å².